The van der Waals surface area contributed by atoms with Crippen LogP contribution in [-0.2, 0) is 4.79 Å². The molecule has 2 nitrogen and oxygen atoms in total. The molecule has 82 valence electrons. The Morgan fingerprint density at radius 2 is 1.93 bits per heavy atom. The van der Waals surface area contributed by atoms with Crippen molar-refractivity contribution in [3.63, 3.8) is 0 Å². The van der Waals surface area contributed by atoms with Crippen molar-refractivity contribution in [3.05, 3.63) is 29.8 Å². The van der Waals surface area contributed by atoms with E-state index < -0.39 is 22.5 Å². The van der Waals surface area contributed by atoms with Crippen molar-refractivity contribution in [2.75, 3.05) is 0 Å². The Hall–Kier alpha value is -1.16. The van der Waals surface area contributed by atoms with E-state index in [9.17, 15) is 13.6 Å². The molecule has 0 heterocycles. The zero-order valence-electron chi connectivity index (χ0n) is 8.18. The molecule has 1 rings (SSSR count). The zero-order chi connectivity index (χ0) is 11.6. The van der Waals surface area contributed by atoms with Crippen LogP contribution in [0.5, 0.6) is 5.75 Å². The molecular formula is C10H9ClF2O2. The lowest BCUT2D eigenvalue weighted by atomic mass is 10.1. The van der Waals surface area contributed by atoms with Crippen molar-refractivity contribution in [1.29, 1.82) is 0 Å². The third-order valence-electron chi connectivity index (χ3n) is 1.74. The van der Waals surface area contributed by atoms with Gasteiger partial charge in [0.25, 0.3) is 5.24 Å². The highest BCUT2D eigenvalue weighted by molar-refractivity contribution is 6.65. The van der Waals surface area contributed by atoms with Crippen molar-refractivity contribution < 1.29 is 18.3 Å². The fourth-order valence-corrected chi connectivity index (χ4v) is 0.914. The van der Waals surface area contributed by atoms with Crippen molar-refractivity contribution in [3.8, 4) is 5.75 Å². The van der Waals surface area contributed by atoms with E-state index in [1.54, 1.807) is 0 Å². The Morgan fingerprint density at radius 3 is 2.40 bits per heavy atom. The molecule has 5 heteroatoms. The second-order valence-electron chi connectivity index (χ2n) is 3.46. The van der Waals surface area contributed by atoms with E-state index in [1.165, 1.54) is 19.9 Å². The Kier molecular flexibility index (Phi) is 3.29. The summed E-state index contributed by atoms with van der Waals surface area (Å²) >= 11 is 5.26. The fourth-order valence-electron chi connectivity index (χ4n) is 0.875. The lowest BCUT2D eigenvalue weighted by Crippen LogP contribution is -2.34. The van der Waals surface area contributed by atoms with Crippen LogP contribution in [0, 0.1) is 11.6 Å². The number of carbonyl (C=O) groups excluding carboxylic acids is 1. The van der Waals surface area contributed by atoms with Gasteiger partial charge in [-0.1, -0.05) is 0 Å². The van der Waals surface area contributed by atoms with Gasteiger partial charge in [0.15, 0.2) is 17.2 Å². The maximum atomic E-state index is 12.8. The third kappa shape index (κ3) is 2.89. The first-order chi connectivity index (χ1) is 6.83. The summed E-state index contributed by atoms with van der Waals surface area (Å²) in [7, 11) is 0. The lowest BCUT2D eigenvalue weighted by molar-refractivity contribution is -0.123. The average molecular weight is 235 g/mol. The Morgan fingerprint density at radius 1 is 1.33 bits per heavy atom. The molecule has 15 heavy (non-hydrogen) atoms. The number of carbonyl (C=O) groups is 1. The maximum Gasteiger partial charge on any atom is 0.264 e. The van der Waals surface area contributed by atoms with Crippen LogP contribution in [-0.4, -0.2) is 10.8 Å². The lowest BCUT2D eigenvalue weighted by Gasteiger charge is -2.21. The predicted molar refractivity (Wildman–Crippen MR) is 51.9 cm³/mol. The van der Waals surface area contributed by atoms with Gasteiger partial charge in [-0.15, -0.1) is 0 Å². The molecule has 0 bridgehead atoms. The van der Waals surface area contributed by atoms with Gasteiger partial charge in [0, 0.05) is 6.07 Å². The molecule has 0 saturated carbocycles. The SMILES string of the molecule is CC(C)(Oc1ccc(F)c(F)c1)C(=O)Cl. The van der Waals surface area contributed by atoms with Gasteiger partial charge in [-0.25, -0.2) is 8.78 Å². The summed E-state index contributed by atoms with van der Waals surface area (Å²) in [6.45, 7) is 2.87. The van der Waals surface area contributed by atoms with Crippen LogP contribution in [0.25, 0.3) is 0 Å². The van der Waals surface area contributed by atoms with Crippen LogP contribution in [0.2, 0.25) is 0 Å². The van der Waals surface area contributed by atoms with Gasteiger partial charge in [0.05, 0.1) is 0 Å². The maximum absolute atomic E-state index is 12.8. The van der Waals surface area contributed by atoms with Crippen LogP contribution in [0.3, 0.4) is 0 Å². The molecule has 1 aromatic rings. The molecule has 0 spiro atoms. The van der Waals surface area contributed by atoms with Crippen LogP contribution >= 0.6 is 11.6 Å². The molecule has 0 unspecified atom stereocenters. The first-order valence-electron chi connectivity index (χ1n) is 4.17. The quantitative estimate of drug-likeness (QED) is 0.752. The van der Waals surface area contributed by atoms with Gasteiger partial charge < -0.3 is 4.74 Å². The van der Waals surface area contributed by atoms with Crippen molar-refractivity contribution in [1.82, 2.24) is 0 Å². The van der Waals surface area contributed by atoms with Crippen LogP contribution < -0.4 is 4.74 Å². The molecule has 0 amide bonds. The number of halogens is 3. The molecule has 0 aromatic heterocycles. The molecule has 0 aliphatic rings. The van der Waals surface area contributed by atoms with E-state index in [0.717, 1.165) is 12.1 Å². The number of ether oxygens (including phenoxy) is 1. The summed E-state index contributed by atoms with van der Waals surface area (Å²) < 4.78 is 30.5. The molecular weight excluding hydrogens is 226 g/mol. The van der Waals surface area contributed by atoms with Gasteiger partial charge in [-0.05, 0) is 37.6 Å². The highest BCUT2D eigenvalue weighted by Crippen LogP contribution is 2.22. The minimum Gasteiger partial charge on any atom is -0.479 e. The normalized spacial score (nSPS) is 11.3. The Labute approximate surface area is 90.8 Å². The van der Waals surface area contributed by atoms with Crippen LogP contribution in [0.1, 0.15) is 13.8 Å². The highest BCUT2D eigenvalue weighted by Gasteiger charge is 2.28. The molecule has 0 aliphatic carbocycles. The first kappa shape index (κ1) is 11.9. The fraction of sp³-hybridized carbons (Fsp3) is 0.300. The van der Waals surface area contributed by atoms with Crippen molar-refractivity contribution >= 4 is 16.8 Å². The predicted octanol–water partition coefficient (Wildman–Crippen LogP) is 2.89. The summed E-state index contributed by atoms with van der Waals surface area (Å²) in [6, 6.07) is 3.00. The molecule has 0 fully saturated rings. The Balaban J connectivity index is 2.91. The summed E-state index contributed by atoms with van der Waals surface area (Å²) in [5.41, 5.74) is -1.27. The van der Waals surface area contributed by atoms with Crippen molar-refractivity contribution in [2.45, 2.75) is 19.4 Å². The topological polar surface area (TPSA) is 26.3 Å². The van der Waals surface area contributed by atoms with E-state index in [-0.39, 0.29) is 5.75 Å². The number of hydrogen-bond donors (Lipinski definition) is 0. The van der Waals surface area contributed by atoms with Crippen molar-refractivity contribution in [2.24, 2.45) is 0 Å². The van der Waals surface area contributed by atoms with E-state index in [1.807, 2.05) is 0 Å². The average Bonchev–Trinajstić information content (AvgIpc) is 2.10. The third-order valence-corrected chi connectivity index (χ3v) is 2.19. The second-order valence-corrected chi connectivity index (χ2v) is 3.81. The molecule has 0 radical (unpaired) electrons. The monoisotopic (exact) mass is 234 g/mol. The molecule has 0 N–H and O–H groups in total. The highest BCUT2D eigenvalue weighted by atomic mass is 35.5. The minimum absolute atomic E-state index is 0.0490. The van der Waals surface area contributed by atoms with Crippen LogP contribution in [0.4, 0.5) is 8.78 Å². The summed E-state index contributed by atoms with van der Waals surface area (Å²) in [4.78, 5) is 10.9. The number of rotatable bonds is 3. The molecule has 0 atom stereocenters. The van der Waals surface area contributed by atoms with E-state index in [0.29, 0.717) is 0 Å². The van der Waals surface area contributed by atoms with E-state index in [4.69, 9.17) is 16.3 Å². The molecule has 1 aromatic carbocycles. The van der Waals surface area contributed by atoms with E-state index >= 15 is 0 Å². The number of hydrogen-bond acceptors (Lipinski definition) is 2. The summed E-state index contributed by atoms with van der Waals surface area (Å²) in [6.07, 6.45) is 0. The van der Waals surface area contributed by atoms with Crippen LogP contribution in [0.15, 0.2) is 18.2 Å². The molecule has 0 saturated heterocycles. The summed E-state index contributed by atoms with van der Waals surface area (Å²) in [5, 5.41) is -0.716. The van der Waals surface area contributed by atoms with E-state index in [2.05, 4.69) is 0 Å². The van der Waals surface area contributed by atoms with Gasteiger partial charge in [-0.2, -0.15) is 0 Å². The van der Waals surface area contributed by atoms with Gasteiger partial charge >= 0.3 is 0 Å². The largest absolute Gasteiger partial charge is 0.479 e. The Bertz CT molecular complexity index is 391. The van der Waals surface area contributed by atoms with Gasteiger partial charge in [0.1, 0.15) is 5.75 Å². The van der Waals surface area contributed by atoms with Gasteiger partial charge in [-0.3, -0.25) is 4.79 Å². The molecule has 0 aliphatic heterocycles. The first-order valence-corrected chi connectivity index (χ1v) is 4.55. The standard InChI is InChI=1S/C10H9ClF2O2/c1-10(2,9(11)14)15-6-3-4-7(12)8(13)5-6/h3-5H,1-2H3. The summed E-state index contributed by atoms with van der Waals surface area (Å²) in [5.74, 6) is -1.96. The second kappa shape index (κ2) is 4.14. The minimum atomic E-state index is -1.27. The number of benzene rings is 1. The zero-order valence-corrected chi connectivity index (χ0v) is 8.94. The smallest absolute Gasteiger partial charge is 0.264 e. The van der Waals surface area contributed by atoms with Gasteiger partial charge in [0.2, 0.25) is 0 Å².